The van der Waals surface area contributed by atoms with Crippen molar-refractivity contribution in [1.29, 1.82) is 0 Å². The van der Waals surface area contributed by atoms with Gasteiger partial charge in [0.2, 0.25) is 0 Å². The summed E-state index contributed by atoms with van der Waals surface area (Å²) in [5.41, 5.74) is 0.0995. The summed E-state index contributed by atoms with van der Waals surface area (Å²) in [5.74, 6) is 0.233. The molecule has 0 N–H and O–H groups in total. The van der Waals surface area contributed by atoms with Crippen molar-refractivity contribution in [3.63, 3.8) is 0 Å². The van der Waals surface area contributed by atoms with Gasteiger partial charge in [0.1, 0.15) is 5.75 Å². The highest BCUT2D eigenvalue weighted by Gasteiger charge is 2.13. The average molecular weight is 331 g/mol. The summed E-state index contributed by atoms with van der Waals surface area (Å²) in [6, 6.07) is 12.6. The number of carbonyl (C=O) groups is 1. The van der Waals surface area contributed by atoms with Gasteiger partial charge in [0, 0.05) is 27.8 Å². The van der Waals surface area contributed by atoms with E-state index in [0.29, 0.717) is 11.1 Å². The zero-order valence-electron chi connectivity index (χ0n) is 9.92. The second-order valence-corrected chi connectivity index (χ2v) is 6.68. The van der Waals surface area contributed by atoms with Gasteiger partial charge < -0.3 is 4.74 Å². The lowest BCUT2D eigenvalue weighted by molar-refractivity contribution is 0.226. The molecule has 0 aromatic heterocycles. The summed E-state index contributed by atoms with van der Waals surface area (Å²) in [5, 5.41) is 0. The van der Waals surface area contributed by atoms with Gasteiger partial charge in [0.15, 0.2) is 0 Å². The summed E-state index contributed by atoms with van der Waals surface area (Å²) < 4.78 is 27.5. The molecule has 0 aliphatic heterocycles. The fourth-order valence-electron chi connectivity index (χ4n) is 1.70. The van der Waals surface area contributed by atoms with Gasteiger partial charge in [0.25, 0.3) is 9.05 Å². The summed E-state index contributed by atoms with van der Waals surface area (Å²) in [6.45, 7) is 0. The molecule has 0 bridgehead atoms. The molecule has 4 nitrogen and oxygen atoms in total. The van der Waals surface area contributed by atoms with E-state index in [1.54, 1.807) is 36.4 Å². The van der Waals surface area contributed by atoms with Gasteiger partial charge in [-0.1, -0.05) is 30.3 Å². The molecule has 0 unspecified atom stereocenters. The average Bonchev–Trinajstić information content (AvgIpc) is 2.38. The van der Waals surface area contributed by atoms with Gasteiger partial charge in [-0.25, -0.2) is 13.2 Å². The van der Waals surface area contributed by atoms with Crippen LogP contribution in [0.15, 0.2) is 53.4 Å². The molecule has 104 valence electrons. The van der Waals surface area contributed by atoms with Gasteiger partial charge in [-0.15, -0.1) is 0 Å². The molecule has 0 spiro atoms. The van der Waals surface area contributed by atoms with E-state index in [4.69, 9.17) is 27.0 Å². The molecule has 0 saturated heterocycles. The first-order chi connectivity index (χ1) is 9.38. The van der Waals surface area contributed by atoms with Crippen LogP contribution in [0.4, 0.5) is 4.79 Å². The molecule has 20 heavy (non-hydrogen) atoms. The Morgan fingerprint density at radius 1 is 1.05 bits per heavy atom. The minimum atomic E-state index is -3.83. The van der Waals surface area contributed by atoms with E-state index in [-0.39, 0.29) is 10.6 Å². The normalized spacial score (nSPS) is 11.1. The first kappa shape index (κ1) is 14.8. The standard InChI is InChI=1S/C13H8Cl2O4S/c14-13(16)19-12-7-2-1-6-11(12)9-4-3-5-10(8-9)20(15,17)18/h1-8H. The molecule has 0 heterocycles. The van der Waals surface area contributed by atoms with Crippen LogP contribution < -0.4 is 4.74 Å². The van der Waals surface area contributed by atoms with Crippen molar-refractivity contribution >= 4 is 36.8 Å². The Morgan fingerprint density at radius 3 is 2.40 bits per heavy atom. The molecule has 0 amide bonds. The highest BCUT2D eigenvalue weighted by molar-refractivity contribution is 8.13. The molecule has 0 saturated carbocycles. The van der Waals surface area contributed by atoms with Crippen molar-refractivity contribution in [2.75, 3.05) is 0 Å². The number of ether oxygens (including phenoxy) is 1. The van der Waals surface area contributed by atoms with E-state index in [9.17, 15) is 13.2 Å². The molecule has 7 heteroatoms. The van der Waals surface area contributed by atoms with E-state index in [0.717, 1.165) is 0 Å². The minimum Gasteiger partial charge on any atom is -0.414 e. The maximum atomic E-state index is 11.3. The van der Waals surface area contributed by atoms with E-state index in [1.165, 1.54) is 12.1 Å². The lowest BCUT2D eigenvalue weighted by atomic mass is 10.1. The summed E-state index contributed by atoms with van der Waals surface area (Å²) in [6.07, 6.45) is 0. The fourth-order valence-corrected chi connectivity index (χ4v) is 2.58. The zero-order valence-corrected chi connectivity index (χ0v) is 12.2. The highest BCUT2D eigenvalue weighted by atomic mass is 35.7. The van der Waals surface area contributed by atoms with Crippen molar-refractivity contribution in [3.8, 4) is 16.9 Å². The number of hydrogen-bond acceptors (Lipinski definition) is 4. The summed E-state index contributed by atoms with van der Waals surface area (Å²) >= 11 is 5.20. The molecule has 2 rings (SSSR count). The Hall–Kier alpha value is -1.56. The topological polar surface area (TPSA) is 60.4 Å². The number of carbonyl (C=O) groups excluding carboxylic acids is 1. The number of para-hydroxylation sites is 1. The lowest BCUT2D eigenvalue weighted by Crippen LogP contribution is -1.98. The Kier molecular flexibility index (Phi) is 4.32. The van der Waals surface area contributed by atoms with Crippen LogP contribution in [0.5, 0.6) is 5.75 Å². The van der Waals surface area contributed by atoms with Crippen LogP contribution in [0, 0.1) is 0 Å². The van der Waals surface area contributed by atoms with Crippen molar-refractivity contribution < 1.29 is 17.9 Å². The van der Waals surface area contributed by atoms with E-state index >= 15 is 0 Å². The van der Waals surface area contributed by atoms with Crippen LogP contribution in [0.2, 0.25) is 0 Å². The van der Waals surface area contributed by atoms with Gasteiger partial charge in [-0.2, -0.15) is 0 Å². The van der Waals surface area contributed by atoms with Crippen molar-refractivity contribution in [2.45, 2.75) is 4.90 Å². The molecular weight excluding hydrogens is 323 g/mol. The SMILES string of the molecule is O=C(Cl)Oc1ccccc1-c1cccc(S(=O)(=O)Cl)c1. The molecule has 2 aromatic carbocycles. The first-order valence-electron chi connectivity index (χ1n) is 5.39. The molecule has 0 atom stereocenters. The minimum absolute atomic E-state index is 0.0383. The highest BCUT2D eigenvalue weighted by Crippen LogP contribution is 2.32. The van der Waals surface area contributed by atoms with Gasteiger partial charge in [-0.3, -0.25) is 0 Å². The zero-order chi connectivity index (χ0) is 14.8. The molecule has 0 radical (unpaired) electrons. The van der Waals surface area contributed by atoms with Gasteiger partial charge >= 0.3 is 5.43 Å². The Morgan fingerprint density at radius 2 is 1.75 bits per heavy atom. The van der Waals surface area contributed by atoms with E-state index in [1.807, 2.05) is 0 Å². The number of benzene rings is 2. The summed E-state index contributed by atoms with van der Waals surface area (Å²) in [4.78, 5) is 10.8. The third-order valence-electron chi connectivity index (χ3n) is 2.50. The predicted octanol–water partition coefficient (Wildman–Crippen LogP) is 4.02. The number of halogens is 2. The van der Waals surface area contributed by atoms with Crippen molar-refractivity contribution in [1.82, 2.24) is 0 Å². The second kappa shape index (κ2) is 5.83. The maximum absolute atomic E-state index is 11.3. The van der Waals surface area contributed by atoms with Crippen LogP contribution in [-0.4, -0.2) is 13.8 Å². The molecule has 0 fully saturated rings. The number of rotatable bonds is 3. The smallest absolute Gasteiger partial charge is 0.409 e. The molecule has 2 aromatic rings. The third kappa shape index (κ3) is 3.50. The lowest BCUT2D eigenvalue weighted by Gasteiger charge is -2.08. The largest absolute Gasteiger partial charge is 0.414 e. The molecular formula is C13H8Cl2O4S. The monoisotopic (exact) mass is 330 g/mol. The second-order valence-electron chi connectivity index (χ2n) is 3.80. The van der Waals surface area contributed by atoms with Crippen LogP contribution in [0.1, 0.15) is 0 Å². The van der Waals surface area contributed by atoms with E-state index in [2.05, 4.69) is 0 Å². The van der Waals surface area contributed by atoms with Crippen LogP contribution in [-0.2, 0) is 9.05 Å². The van der Waals surface area contributed by atoms with E-state index < -0.39 is 14.5 Å². The Balaban J connectivity index is 2.55. The van der Waals surface area contributed by atoms with Crippen LogP contribution >= 0.6 is 22.3 Å². The van der Waals surface area contributed by atoms with Crippen LogP contribution in [0.3, 0.4) is 0 Å². The van der Waals surface area contributed by atoms with Crippen LogP contribution in [0.25, 0.3) is 11.1 Å². The predicted molar refractivity (Wildman–Crippen MR) is 76.8 cm³/mol. The fraction of sp³-hybridized carbons (Fsp3) is 0. The van der Waals surface area contributed by atoms with Crippen molar-refractivity contribution in [2.24, 2.45) is 0 Å². The first-order valence-corrected chi connectivity index (χ1v) is 8.08. The Bertz CT molecular complexity index is 756. The van der Waals surface area contributed by atoms with Gasteiger partial charge in [0.05, 0.1) is 4.90 Å². The quantitative estimate of drug-likeness (QED) is 0.797. The Labute approximate surface area is 125 Å². The molecule has 0 aliphatic rings. The summed E-state index contributed by atoms with van der Waals surface area (Å²) in [7, 11) is 1.48. The third-order valence-corrected chi connectivity index (χ3v) is 3.93. The van der Waals surface area contributed by atoms with Crippen molar-refractivity contribution in [3.05, 3.63) is 48.5 Å². The van der Waals surface area contributed by atoms with Gasteiger partial charge in [-0.05, 0) is 23.8 Å². The number of hydrogen-bond donors (Lipinski definition) is 0. The molecule has 0 aliphatic carbocycles. The maximum Gasteiger partial charge on any atom is 0.409 e.